The van der Waals surface area contributed by atoms with Crippen LogP contribution in [0.3, 0.4) is 0 Å². The Labute approximate surface area is 144 Å². The van der Waals surface area contributed by atoms with E-state index in [2.05, 4.69) is 0 Å². The first-order valence-corrected chi connectivity index (χ1v) is 8.15. The highest BCUT2D eigenvalue weighted by Crippen LogP contribution is 2.29. The molecule has 24 heavy (non-hydrogen) atoms. The molecule has 1 fully saturated rings. The molecule has 0 bridgehead atoms. The molecular formula is C17H30N2O5. The summed E-state index contributed by atoms with van der Waals surface area (Å²) < 4.78 is 10.7. The summed E-state index contributed by atoms with van der Waals surface area (Å²) in [4.78, 5) is 40.3. The van der Waals surface area contributed by atoms with E-state index >= 15 is 0 Å². The van der Waals surface area contributed by atoms with Crippen molar-refractivity contribution in [3.63, 3.8) is 0 Å². The average Bonchev–Trinajstić information content (AvgIpc) is 2.61. The van der Waals surface area contributed by atoms with Gasteiger partial charge in [-0.15, -0.1) is 0 Å². The van der Waals surface area contributed by atoms with E-state index in [-0.39, 0.29) is 6.42 Å². The molecule has 1 saturated heterocycles. The van der Waals surface area contributed by atoms with Crippen molar-refractivity contribution in [2.45, 2.75) is 65.2 Å². The van der Waals surface area contributed by atoms with Crippen molar-refractivity contribution < 1.29 is 23.9 Å². The van der Waals surface area contributed by atoms with Crippen LogP contribution in [0, 0.1) is 5.92 Å². The Hall–Kier alpha value is -1.63. The minimum absolute atomic E-state index is 0.241. The number of amides is 2. The molecular weight excluding hydrogens is 312 g/mol. The van der Waals surface area contributed by atoms with Gasteiger partial charge in [-0.25, -0.2) is 14.5 Å². The molecule has 1 rings (SSSR count). The van der Waals surface area contributed by atoms with Crippen LogP contribution in [0.2, 0.25) is 0 Å². The molecule has 0 aromatic heterocycles. The first-order valence-electron chi connectivity index (χ1n) is 8.15. The van der Waals surface area contributed by atoms with Crippen LogP contribution in [0.4, 0.5) is 4.79 Å². The van der Waals surface area contributed by atoms with Crippen molar-refractivity contribution in [3.8, 4) is 0 Å². The topological polar surface area (TPSA) is 76.2 Å². The van der Waals surface area contributed by atoms with E-state index < -0.39 is 41.1 Å². The van der Waals surface area contributed by atoms with Crippen molar-refractivity contribution in [1.29, 1.82) is 0 Å². The van der Waals surface area contributed by atoms with E-state index in [4.69, 9.17) is 9.47 Å². The van der Waals surface area contributed by atoms with E-state index in [1.165, 1.54) is 0 Å². The van der Waals surface area contributed by atoms with Gasteiger partial charge in [-0.3, -0.25) is 4.79 Å². The third kappa shape index (κ3) is 5.78. The zero-order valence-electron chi connectivity index (χ0n) is 16.0. The van der Waals surface area contributed by atoms with E-state index in [0.29, 0.717) is 6.54 Å². The average molecular weight is 342 g/mol. The van der Waals surface area contributed by atoms with Gasteiger partial charge in [-0.05, 0) is 62.1 Å². The molecule has 7 heteroatoms. The Kier molecular flexibility index (Phi) is 6.03. The number of hydrogen-bond donors (Lipinski definition) is 0. The lowest BCUT2D eigenvalue weighted by molar-refractivity contribution is -0.161. The number of imide groups is 1. The van der Waals surface area contributed by atoms with E-state index in [0.717, 1.165) is 4.90 Å². The number of likely N-dealkylation sites (tertiary alicyclic amines) is 1. The second-order valence-electron chi connectivity index (χ2n) is 8.43. The summed E-state index contributed by atoms with van der Waals surface area (Å²) in [5, 5.41) is 0. The highest BCUT2D eigenvalue weighted by molar-refractivity contribution is 6.00. The van der Waals surface area contributed by atoms with E-state index in [1.54, 1.807) is 41.5 Å². The van der Waals surface area contributed by atoms with Gasteiger partial charge in [0.05, 0.1) is 5.92 Å². The molecule has 7 nitrogen and oxygen atoms in total. The van der Waals surface area contributed by atoms with Gasteiger partial charge in [0.15, 0.2) is 0 Å². The molecule has 1 aliphatic heterocycles. The lowest BCUT2D eigenvalue weighted by Crippen LogP contribution is -2.47. The fourth-order valence-electron chi connectivity index (χ4n) is 2.52. The molecule has 0 saturated carbocycles. The summed E-state index contributed by atoms with van der Waals surface area (Å²) in [6.45, 7) is 10.8. The maximum absolute atomic E-state index is 12.6. The molecule has 2 atom stereocenters. The number of rotatable bonds is 3. The molecule has 2 amide bonds. The van der Waals surface area contributed by atoms with E-state index in [9.17, 15) is 14.4 Å². The second-order valence-corrected chi connectivity index (χ2v) is 8.43. The Balaban J connectivity index is 3.05. The quantitative estimate of drug-likeness (QED) is 0.731. The minimum atomic E-state index is -0.948. The standard InChI is InChI=1S/C17H30N2O5/c1-16(2,3)23-14(21)12-9-11(10-18(7)8)13(20)19(12)15(22)24-17(4,5)6/h11-12H,9-10H2,1-8H3/t11-,12+/m1/s1. The van der Waals surface area contributed by atoms with Gasteiger partial charge in [0.1, 0.15) is 17.2 Å². The predicted octanol–water partition coefficient (Wildman–Crippen LogP) is 2.04. The van der Waals surface area contributed by atoms with E-state index in [1.807, 2.05) is 19.0 Å². The SMILES string of the molecule is CN(C)C[C@H]1C[C@@H](C(=O)OC(C)(C)C)N(C(=O)OC(C)(C)C)C1=O. The predicted molar refractivity (Wildman–Crippen MR) is 89.4 cm³/mol. The van der Waals surface area contributed by atoms with Crippen molar-refractivity contribution in [2.75, 3.05) is 20.6 Å². The Morgan fingerprint density at radius 2 is 1.58 bits per heavy atom. The Morgan fingerprint density at radius 1 is 1.08 bits per heavy atom. The maximum atomic E-state index is 12.6. The zero-order valence-corrected chi connectivity index (χ0v) is 16.0. The second kappa shape index (κ2) is 7.09. The third-order valence-electron chi connectivity index (χ3n) is 3.26. The minimum Gasteiger partial charge on any atom is -0.458 e. The van der Waals surface area contributed by atoms with Crippen molar-refractivity contribution in [2.24, 2.45) is 5.92 Å². The number of ether oxygens (including phenoxy) is 2. The summed E-state index contributed by atoms with van der Waals surface area (Å²) in [6.07, 6.45) is -0.560. The van der Waals surface area contributed by atoms with Gasteiger partial charge in [0.25, 0.3) is 0 Å². The third-order valence-corrected chi connectivity index (χ3v) is 3.26. The van der Waals surface area contributed by atoms with Crippen molar-refractivity contribution in [1.82, 2.24) is 9.80 Å². The fourth-order valence-corrected chi connectivity index (χ4v) is 2.52. The van der Waals surface area contributed by atoms with Gasteiger partial charge in [0.2, 0.25) is 5.91 Å². The van der Waals surface area contributed by atoms with Gasteiger partial charge < -0.3 is 14.4 Å². The molecule has 0 aromatic rings. The molecule has 138 valence electrons. The highest BCUT2D eigenvalue weighted by atomic mass is 16.6. The van der Waals surface area contributed by atoms with Crippen LogP contribution >= 0.6 is 0 Å². The van der Waals surface area contributed by atoms with Crippen LogP contribution in [0.1, 0.15) is 48.0 Å². The van der Waals surface area contributed by atoms with Crippen LogP contribution in [-0.4, -0.2) is 65.7 Å². The van der Waals surface area contributed by atoms with Crippen LogP contribution in [0.25, 0.3) is 0 Å². The maximum Gasteiger partial charge on any atom is 0.417 e. The van der Waals surface area contributed by atoms with Crippen molar-refractivity contribution in [3.05, 3.63) is 0 Å². The number of nitrogens with zero attached hydrogens (tertiary/aromatic N) is 2. The monoisotopic (exact) mass is 342 g/mol. The molecule has 0 N–H and O–H groups in total. The van der Waals surface area contributed by atoms with Crippen LogP contribution in [-0.2, 0) is 19.1 Å². The van der Waals surface area contributed by atoms with Crippen LogP contribution in [0.15, 0.2) is 0 Å². The molecule has 0 aromatic carbocycles. The van der Waals surface area contributed by atoms with Gasteiger partial charge in [0, 0.05) is 6.54 Å². The highest BCUT2D eigenvalue weighted by Gasteiger charge is 2.49. The van der Waals surface area contributed by atoms with Crippen LogP contribution < -0.4 is 0 Å². The molecule has 0 unspecified atom stereocenters. The summed E-state index contributed by atoms with van der Waals surface area (Å²) >= 11 is 0. The van der Waals surface area contributed by atoms with Crippen LogP contribution in [0.5, 0.6) is 0 Å². The fraction of sp³-hybridized carbons (Fsp3) is 0.824. The first-order chi connectivity index (χ1) is 10.7. The molecule has 0 spiro atoms. The molecule has 0 aliphatic carbocycles. The Morgan fingerprint density at radius 3 is 2.00 bits per heavy atom. The zero-order chi connectivity index (χ0) is 18.9. The van der Waals surface area contributed by atoms with Gasteiger partial charge in [-0.2, -0.15) is 0 Å². The first kappa shape index (κ1) is 20.4. The van der Waals surface area contributed by atoms with Crippen molar-refractivity contribution >= 4 is 18.0 Å². The number of carbonyl (C=O) groups excluding carboxylic acids is 3. The summed E-state index contributed by atoms with van der Waals surface area (Å²) in [5.41, 5.74) is -1.45. The largest absolute Gasteiger partial charge is 0.458 e. The molecule has 0 radical (unpaired) electrons. The number of esters is 1. The van der Waals surface area contributed by atoms with Gasteiger partial charge in [-0.1, -0.05) is 0 Å². The summed E-state index contributed by atoms with van der Waals surface area (Å²) in [7, 11) is 3.68. The smallest absolute Gasteiger partial charge is 0.417 e. The lowest BCUT2D eigenvalue weighted by atomic mass is 10.0. The summed E-state index contributed by atoms with van der Waals surface area (Å²) in [5.74, 6) is -1.41. The lowest BCUT2D eigenvalue weighted by Gasteiger charge is -2.28. The number of carbonyl (C=O) groups is 3. The van der Waals surface area contributed by atoms with Gasteiger partial charge >= 0.3 is 12.1 Å². The number of hydrogen-bond acceptors (Lipinski definition) is 6. The Bertz CT molecular complexity index is 502. The molecule has 1 aliphatic rings. The summed E-state index contributed by atoms with van der Waals surface area (Å²) in [6, 6.07) is -0.948. The molecule has 1 heterocycles. The normalized spacial score (nSPS) is 22.0.